The zero-order valence-corrected chi connectivity index (χ0v) is 9.21. The van der Waals surface area contributed by atoms with E-state index in [0.29, 0.717) is 6.54 Å². The number of carbonyl (C=O) groups is 1. The standard InChI is InChI=1S/C13H15NO2/c1-10-12(15)7-8-13(16)14(10)9-11-5-3-2-4-6-11/h2-8,10,12,15H,9H2,1H3/t10-,12+/m0/s1. The third kappa shape index (κ3) is 2.14. The number of nitrogens with zero attached hydrogens (tertiary/aromatic N) is 1. The van der Waals surface area contributed by atoms with E-state index in [1.54, 1.807) is 11.0 Å². The highest BCUT2D eigenvalue weighted by Gasteiger charge is 2.27. The fourth-order valence-corrected chi connectivity index (χ4v) is 1.82. The molecule has 0 aliphatic carbocycles. The van der Waals surface area contributed by atoms with Crippen LogP contribution in [-0.4, -0.2) is 28.1 Å². The molecule has 3 heteroatoms. The molecule has 16 heavy (non-hydrogen) atoms. The highest BCUT2D eigenvalue weighted by Crippen LogP contribution is 2.16. The summed E-state index contributed by atoms with van der Waals surface area (Å²) in [7, 11) is 0. The van der Waals surface area contributed by atoms with Crippen molar-refractivity contribution in [3.05, 3.63) is 48.0 Å². The van der Waals surface area contributed by atoms with Gasteiger partial charge >= 0.3 is 0 Å². The maximum Gasteiger partial charge on any atom is 0.246 e. The summed E-state index contributed by atoms with van der Waals surface area (Å²) in [6.45, 7) is 2.40. The molecule has 0 unspecified atom stereocenters. The number of carbonyl (C=O) groups excluding carboxylic acids is 1. The summed E-state index contributed by atoms with van der Waals surface area (Å²) in [6, 6.07) is 9.62. The molecule has 1 aliphatic heterocycles. The highest BCUT2D eigenvalue weighted by atomic mass is 16.3. The molecular weight excluding hydrogens is 202 g/mol. The van der Waals surface area contributed by atoms with Gasteiger partial charge < -0.3 is 10.0 Å². The van der Waals surface area contributed by atoms with Gasteiger partial charge in [0.05, 0.1) is 12.1 Å². The number of hydrogen-bond acceptors (Lipinski definition) is 2. The Hall–Kier alpha value is -1.61. The van der Waals surface area contributed by atoms with Crippen molar-refractivity contribution >= 4 is 5.91 Å². The maximum atomic E-state index is 11.7. The zero-order valence-electron chi connectivity index (χ0n) is 9.21. The predicted octanol–water partition coefficient (Wildman–Crippen LogP) is 1.33. The van der Waals surface area contributed by atoms with Crippen LogP contribution in [0.4, 0.5) is 0 Å². The number of hydrogen-bond donors (Lipinski definition) is 1. The van der Waals surface area contributed by atoms with E-state index >= 15 is 0 Å². The Balaban J connectivity index is 2.15. The minimum Gasteiger partial charge on any atom is -0.387 e. The quantitative estimate of drug-likeness (QED) is 0.812. The lowest BCUT2D eigenvalue weighted by molar-refractivity contribution is -0.131. The Morgan fingerprint density at radius 2 is 2.00 bits per heavy atom. The van der Waals surface area contributed by atoms with Crippen molar-refractivity contribution in [1.29, 1.82) is 0 Å². The molecule has 2 atom stereocenters. The fraction of sp³-hybridized carbons (Fsp3) is 0.308. The Morgan fingerprint density at radius 3 is 2.69 bits per heavy atom. The van der Waals surface area contributed by atoms with Crippen LogP contribution in [0.3, 0.4) is 0 Å². The van der Waals surface area contributed by atoms with Crippen molar-refractivity contribution < 1.29 is 9.90 Å². The van der Waals surface area contributed by atoms with E-state index in [4.69, 9.17) is 0 Å². The first kappa shape index (κ1) is 10.9. The lowest BCUT2D eigenvalue weighted by atomic mass is 10.1. The monoisotopic (exact) mass is 217 g/mol. The summed E-state index contributed by atoms with van der Waals surface area (Å²) in [5.41, 5.74) is 1.07. The first-order valence-corrected chi connectivity index (χ1v) is 5.39. The molecular formula is C13H15NO2. The summed E-state index contributed by atoms with van der Waals surface area (Å²) in [5, 5.41) is 9.66. The Labute approximate surface area is 95.0 Å². The molecule has 0 bridgehead atoms. The Bertz CT molecular complexity index is 400. The number of rotatable bonds is 2. The molecule has 1 aromatic carbocycles. The van der Waals surface area contributed by atoms with Gasteiger partial charge in [-0.15, -0.1) is 0 Å². The molecule has 1 aliphatic rings. The van der Waals surface area contributed by atoms with Gasteiger partial charge in [-0.2, -0.15) is 0 Å². The van der Waals surface area contributed by atoms with Gasteiger partial charge in [-0.25, -0.2) is 0 Å². The summed E-state index contributed by atoms with van der Waals surface area (Å²) in [5.74, 6) is -0.0401. The van der Waals surface area contributed by atoms with Crippen molar-refractivity contribution in [1.82, 2.24) is 4.90 Å². The summed E-state index contributed by atoms with van der Waals surface area (Å²) >= 11 is 0. The molecule has 0 saturated carbocycles. The van der Waals surface area contributed by atoms with Crippen LogP contribution in [-0.2, 0) is 11.3 Å². The third-order valence-electron chi connectivity index (χ3n) is 2.90. The first-order valence-electron chi connectivity index (χ1n) is 5.39. The fourth-order valence-electron chi connectivity index (χ4n) is 1.82. The van der Waals surface area contributed by atoms with Crippen LogP contribution in [0.2, 0.25) is 0 Å². The lowest BCUT2D eigenvalue weighted by Gasteiger charge is -2.33. The normalized spacial score (nSPS) is 24.9. The van der Waals surface area contributed by atoms with Gasteiger partial charge in [0.2, 0.25) is 5.91 Å². The minimum absolute atomic E-state index is 0.0401. The van der Waals surface area contributed by atoms with Crippen molar-refractivity contribution in [2.24, 2.45) is 0 Å². The highest BCUT2D eigenvalue weighted by molar-refractivity contribution is 5.89. The molecule has 2 rings (SSSR count). The maximum absolute atomic E-state index is 11.7. The topological polar surface area (TPSA) is 40.5 Å². The van der Waals surface area contributed by atoms with Crippen LogP contribution in [0.15, 0.2) is 42.5 Å². The second kappa shape index (κ2) is 4.49. The molecule has 0 spiro atoms. The van der Waals surface area contributed by atoms with Crippen LogP contribution < -0.4 is 0 Å². The minimum atomic E-state index is -0.568. The van der Waals surface area contributed by atoms with Crippen molar-refractivity contribution in [2.75, 3.05) is 0 Å². The molecule has 1 N–H and O–H groups in total. The number of aliphatic hydroxyl groups excluding tert-OH is 1. The third-order valence-corrected chi connectivity index (χ3v) is 2.90. The van der Waals surface area contributed by atoms with Gasteiger partial charge in [-0.3, -0.25) is 4.79 Å². The van der Waals surface area contributed by atoms with Crippen LogP contribution >= 0.6 is 0 Å². The van der Waals surface area contributed by atoms with Gasteiger partial charge in [0.1, 0.15) is 0 Å². The summed E-state index contributed by atoms with van der Waals surface area (Å²) < 4.78 is 0. The van der Waals surface area contributed by atoms with E-state index in [9.17, 15) is 9.90 Å². The molecule has 0 fully saturated rings. The number of amides is 1. The van der Waals surface area contributed by atoms with Gasteiger partial charge in [0, 0.05) is 12.6 Å². The smallest absolute Gasteiger partial charge is 0.246 e. The van der Waals surface area contributed by atoms with E-state index < -0.39 is 6.10 Å². The van der Waals surface area contributed by atoms with Crippen LogP contribution in [0, 0.1) is 0 Å². The molecule has 0 saturated heterocycles. The van der Waals surface area contributed by atoms with Gasteiger partial charge in [0.25, 0.3) is 0 Å². The molecule has 1 aromatic rings. The van der Waals surface area contributed by atoms with E-state index in [1.807, 2.05) is 37.3 Å². The Kier molecular flexibility index (Phi) is 3.06. The van der Waals surface area contributed by atoms with E-state index in [1.165, 1.54) is 6.08 Å². The molecule has 1 amide bonds. The SMILES string of the molecule is C[C@H]1[C@H](O)C=CC(=O)N1Cc1ccccc1. The van der Waals surface area contributed by atoms with E-state index in [-0.39, 0.29) is 11.9 Å². The van der Waals surface area contributed by atoms with Gasteiger partial charge in [0.15, 0.2) is 0 Å². The number of aliphatic hydroxyl groups is 1. The summed E-state index contributed by atoms with van der Waals surface area (Å²) in [6.07, 6.45) is 2.42. The number of benzene rings is 1. The van der Waals surface area contributed by atoms with E-state index in [2.05, 4.69) is 0 Å². The summed E-state index contributed by atoms with van der Waals surface area (Å²) in [4.78, 5) is 13.4. The molecule has 3 nitrogen and oxygen atoms in total. The lowest BCUT2D eigenvalue weighted by Crippen LogP contribution is -2.46. The van der Waals surface area contributed by atoms with Crippen LogP contribution in [0.1, 0.15) is 12.5 Å². The average molecular weight is 217 g/mol. The largest absolute Gasteiger partial charge is 0.387 e. The van der Waals surface area contributed by atoms with Crippen molar-refractivity contribution in [2.45, 2.75) is 25.6 Å². The first-order chi connectivity index (χ1) is 7.68. The average Bonchev–Trinajstić information content (AvgIpc) is 2.31. The molecule has 1 heterocycles. The van der Waals surface area contributed by atoms with Gasteiger partial charge in [-0.1, -0.05) is 30.3 Å². The molecule has 0 aromatic heterocycles. The second-order valence-electron chi connectivity index (χ2n) is 4.04. The van der Waals surface area contributed by atoms with Crippen LogP contribution in [0.25, 0.3) is 0 Å². The van der Waals surface area contributed by atoms with Crippen molar-refractivity contribution in [3.63, 3.8) is 0 Å². The van der Waals surface area contributed by atoms with Crippen LogP contribution in [0.5, 0.6) is 0 Å². The van der Waals surface area contributed by atoms with Crippen molar-refractivity contribution in [3.8, 4) is 0 Å². The molecule has 84 valence electrons. The molecule has 0 radical (unpaired) electrons. The second-order valence-corrected chi connectivity index (χ2v) is 4.04. The Morgan fingerprint density at radius 1 is 1.31 bits per heavy atom. The zero-order chi connectivity index (χ0) is 11.5. The van der Waals surface area contributed by atoms with E-state index in [0.717, 1.165) is 5.56 Å². The predicted molar refractivity (Wildman–Crippen MR) is 61.6 cm³/mol. The van der Waals surface area contributed by atoms with Gasteiger partial charge in [-0.05, 0) is 18.6 Å².